The second-order valence-electron chi connectivity index (χ2n) is 5.00. The second-order valence-corrected chi connectivity index (χ2v) is 7.26. The Balaban J connectivity index is 0.00000180. The molecule has 1 aliphatic carbocycles. The van der Waals surface area contributed by atoms with Crippen molar-refractivity contribution >= 4 is 22.2 Å². The summed E-state index contributed by atoms with van der Waals surface area (Å²) in [6, 6.07) is -0.498. The molecule has 2 rings (SSSR count). The van der Waals surface area contributed by atoms with E-state index in [1.807, 2.05) is 0 Å². The maximum atomic E-state index is 11.1. The van der Waals surface area contributed by atoms with Gasteiger partial charge in [0.25, 0.3) is 0 Å². The molecule has 0 amide bonds. The number of halogens is 1. The van der Waals surface area contributed by atoms with E-state index in [-0.39, 0.29) is 18.2 Å². The summed E-state index contributed by atoms with van der Waals surface area (Å²) in [5.74, 6) is 1.48. The zero-order valence-electron chi connectivity index (χ0n) is 10.9. The summed E-state index contributed by atoms with van der Waals surface area (Å²) in [6.45, 7) is 0. The van der Waals surface area contributed by atoms with Crippen molar-refractivity contribution in [1.29, 1.82) is 0 Å². The van der Waals surface area contributed by atoms with Gasteiger partial charge in [0, 0.05) is 12.2 Å². The smallest absolute Gasteiger partial charge is 0.243 e. The van der Waals surface area contributed by atoms with E-state index in [4.69, 9.17) is 10.3 Å². The fraction of sp³-hybridized carbons (Fsp3) is 0.818. The van der Waals surface area contributed by atoms with Crippen LogP contribution in [0.3, 0.4) is 0 Å². The van der Waals surface area contributed by atoms with Crippen LogP contribution in [0.25, 0.3) is 0 Å². The monoisotopic (exact) mass is 309 g/mol. The van der Waals surface area contributed by atoms with Gasteiger partial charge in [-0.15, -0.1) is 12.4 Å². The first-order valence-corrected chi connectivity index (χ1v) is 8.28. The Morgan fingerprint density at radius 2 is 2.05 bits per heavy atom. The van der Waals surface area contributed by atoms with Gasteiger partial charge in [-0.2, -0.15) is 4.98 Å². The van der Waals surface area contributed by atoms with Gasteiger partial charge >= 0.3 is 0 Å². The summed E-state index contributed by atoms with van der Waals surface area (Å²) < 4.78 is 27.2. The summed E-state index contributed by atoms with van der Waals surface area (Å²) in [4.78, 5) is 4.30. The van der Waals surface area contributed by atoms with Gasteiger partial charge in [0.15, 0.2) is 5.82 Å². The van der Waals surface area contributed by atoms with E-state index in [0.29, 0.717) is 18.2 Å². The molecule has 0 spiro atoms. The standard InChI is InChI=1S/C11H19N3O3S.ClH/c1-18(15,16)7-6-9(12)11-13-10(14-17-11)8-4-2-3-5-8;/h8-9H,2-7,12H2,1H3;1H. The number of hydrogen-bond donors (Lipinski definition) is 1. The molecule has 1 aromatic rings. The summed E-state index contributed by atoms with van der Waals surface area (Å²) in [7, 11) is -3.01. The Morgan fingerprint density at radius 1 is 1.42 bits per heavy atom. The van der Waals surface area contributed by atoms with Crippen LogP contribution in [-0.2, 0) is 9.84 Å². The summed E-state index contributed by atoms with van der Waals surface area (Å²) in [6.07, 6.45) is 6.10. The molecule has 2 N–H and O–H groups in total. The average Bonchev–Trinajstić information content (AvgIpc) is 2.94. The van der Waals surface area contributed by atoms with Gasteiger partial charge in [-0.3, -0.25) is 0 Å². The predicted octanol–water partition coefficient (Wildman–Crippen LogP) is 1.58. The Labute approximate surface area is 119 Å². The van der Waals surface area contributed by atoms with Gasteiger partial charge in [-0.1, -0.05) is 18.0 Å². The molecule has 0 aliphatic heterocycles. The molecular weight excluding hydrogens is 290 g/mol. The van der Waals surface area contributed by atoms with E-state index in [0.717, 1.165) is 18.7 Å². The highest BCUT2D eigenvalue weighted by atomic mass is 35.5. The topological polar surface area (TPSA) is 99.1 Å². The molecule has 19 heavy (non-hydrogen) atoms. The molecule has 110 valence electrons. The van der Waals surface area contributed by atoms with Crippen molar-refractivity contribution in [2.24, 2.45) is 5.73 Å². The molecule has 1 atom stereocenters. The van der Waals surface area contributed by atoms with E-state index in [9.17, 15) is 8.42 Å². The highest BCUT2D eigenvalue weighted by Gasteiger charge is 2.24. The zero-order chi connectivity index (χ0) is 13.2. The minimum Gasteiger partial charge on any atom is -0.338 e. The van der Waals surface area contributed by atoms with Crippen LogP contribution >= 0.6 is 12.4 Å². The van der Waals surface area contributed by atoms with Gasteiger partial charge in [-0.05, 0) is 19.3 Å². The van der Waals surface area contributed by atoms with Crippen LogP contribution in [0.1, 0.15) is 55.8 Å². The lowest BCUT2D eigenvalue weighted by Crippen LogP contribution is -2.16. The van der Waals surface area contributed by atoms with Crippen molar-refractivity contribution in [3.8, 4) is 0 Å². The summed E-state index contributed by atoms with van der Waals surface area (Å²) >= 11 is 0. The van der Waals surface area contributed by atoms with Gasteiger partial charge in [0.2, 0.25) is 5.89 Å². The molecule has 1 saturated carbocycles. The van der Waals surface area contributed by atoms with Crippen molar-refractivity contribution in [2.75, 3.05) is 12.0 Å². The van der Waals surface area contributed by atoms with E-state index < -0.39 is 15.9 Å². The van der Waals surface area contributed by atoms with E-state index in [1.165, 1.54) is 19.1 Å². The summed E-state index contributed by atoms with van der Waals surface area (Å²) in [5, 5.41) is 3.95. The van der Waals surface area contributed by atoms with E-state index in [2.05, 4.69) is 10.1 Å². The Hall–Kier alpha value is -0.660. The first-order chi connectivity index (χ1) is 8.46. The maximum absolute atomic E-state index is 11.1. The lowest BCUT2D eigenvalue weighted by molar-refractivity contribution is 0.346. The van der Waals surface area contributed by atoms with Crippen LogP contribution in [0.15, 0.2) is 4.52 Å². The average molecular weight is 310 g/mol. The molecule has 1 aliphatic rings. The van der Waals surface area contributed by atoms with Crippen LogP contribution in [-0.4, -0.2) is 30.6 Å². The maximum Gasteiger partial charge on any atom is 0.243 e. The molecule has 6 nitrogen and oxygen atoms in total. The molecular formula is C11H20ClN3O3S. The fourth-order valence-electron chi connectivity index (χ4n) is 2.21. The number of sulfone groups is 1. The molecule has 1 aromatic heterocycles. The largest absolute Gasteiger partial charge is 0.338 e. The lowest BCUT2D eigenvalue weighted by Gasteiger charge is -2.05. The summed E-state index contributed by atoms with van der Waals surface area (Å²) in [5.41, 5.74) is 5.85. The minimum absolute atomic E-state index is 0. The van der Waals surface area contributed by atoms with E-state index in [1.54, 1.807) is 0 Å². The third-order valence-electron chi connectivity index (χ3n) is 3.29. The molecule has 1 heterocycles. The number of rotatable bonds is 5. The Morgan fingerprint density at radius 3 is 2.63 bits per heavy atom. The van der Waals surface area contributed by atoms with Crippen molar-refractivity contribution in [1.82, 2.24) is 10.1 Å². The Bertz CT molecular complexity index is 497. The van der Waals surface area contributed by atoms with Crippen molar-refractivity contribution < 1.29 is 12.9 Å². The number of aromatic nitrogens is 2. The highest BCUT2D eigenvalue weighted by molar-refractivity contribution is 7.90. The highest BCUT2D eigenvalue weighted by Crippen LogP contribution is 2.32. The van der Waals surface area contributed by atoms with Crippen LogP contribution < -0.4 is 5.73 Å². The second kappa shape index (κ2) is 6.67. The molecule has 0 aromatic carbocycles. The number of nitrogens with two attached hydrogens (primary N) is 1. The molecule has 0 saturated heterocycles. The van der Waals surface area contributed by atoms with Crippen molar-refractivity contribution in [3.63, 3.8) is 0 Å². The van der Waals surface area contributed by atoms with Gasteiger partial charge in [-0.25, -0.2) is 8.42 Å². The van der Waals surface area contributed by atoms with Crippen molar-refractivity contribution in [3.05, 3.63) is 11.7 Å². The van der Waals surface area contributed by atoms with Gasteiger partial charge < -0.3 is 10.3 Å². The number of hydrogen-bond acceptors (Lipinski definition) is 6. The lowest BCUT2D eigenvalue weighted by atomic mass is 10.1. The van der Waals surface area contributed by atoms with Gasteiger partial charge in [0.1, 0.15) is 9.84 Å². The fourth-order valence-corrected chi connectivity index (χ4v) is 2.89. The van der Waals surface area contributed by atoms with E-state index >= 15 is 0 Å². The quantitative estimate of drug-likeness (QED) is 0.886. The normalized spacial score (nSPS) is 18.2. The first-order valence-electron chi connectivity index (χ1n) is 6.22. The molecule has 0 bridgehead atoms. The van der Waals surface area contributed by atoms with Crippen molar-refractivity contribution in [2.45, 2.75) is 44.1 Å². The minimum atomic E-state index is -3.01. The molecule has 1 unspecified atom stereocenters. The molecule has 8 heteroatoms. The molecule has 1 fully saturated rings. The van der Waals surface area contributed by atoms with Crippen LogP contribution in [0.5, 0.6) is 0 Å². The number of nitrogens with zero attached hydrogens (tertiary/aromatic N) is 2. The SMILES string of the molecule is CS(=O)(=O)CCC(N)c1nc(C2CCCC2)no1.Cl. The zero-order valence-corrected chi connectivity index (χ0v) is 12.5. The predicted molar refractivity (Wildman–Crippen MR) is 74.0 cm³/mol. The molecule has 0 radical (unpaired) electrons. The van der Waals surface area contributed by atoms with Crippen LogP contribution in [0, 0.1) is 0 Å². The third kappa shape index (κ3) is 4.74. The van der Waals surface area contributed by atoms with Crippen LogP contribution in [0.2, 0.25) is 0 Å². The van der Waals surface area contributed by atoms with Gasteiger partial charge in [0.05, 0.1) is 11.8 Å². The third-order valence-corrected chi connectivity index (χ3v) is 4.27. The van der Waals surface area contributed by atoms with Crippen LogP contribution in [0.4, 0.5) is 0 Å². The first kappa shape index (κ1) is 16.4. The Kier molecular flexibility index (Phi) is 5.76.